The minimum Gasteiger partial charge on any atom is -0.493 e. The van der Waals surface area contributed by atoms with Crippen molar-refractivity contribution >= 4 is 0 Å². The molecule has 0 radical (unpaired) electrons. The van der Waals surface area contributed by atoms with Gasteiger partial charge in [0, 0.05) is 17.7 Å². The minimum atomic E-state index is -0.273. The van der Waals surface area contributed by atoms with Crippen LogP contribution in [0.3, 0.4) is 0 Å². The average Bonchev–Trinajstić information content (AvgIpc) is 2.45. The third-order valence-electron chi connectivity index (χ3n) is 3.72. The second-order valence-electron chi connectivity index (χ2n) is 5.79. The highest BCUT2D eigenvalue weighted by molar-refractivity contribution is 5.36. The predicted molar refractivity (Wildman–Crippen MR) is 87.1 cm³/mol. The summed E-state index contributed by atoms with van der Waals surface area (Å²) >= 11 is 0. The van der Waals surface area contributed by atoms with Crippen molar-refractivity contribution in [2.75, 3.05) is 6.61 Å². The zero-order chi connectivity index (χ0) is 15.5. The maximum atomic E-state index is 13.3. The highest BCUT2D eigenvalue weighted by atomic mass is 19.1. The van der Waals surface area contributed by atoms with Crippen LogP contribution in [-0.2, 0) is 0 Å². The van der Waals surface area contributed by atoms with Crippen molar-refractivity contribution in [3.05, 3.63) is 29.6 Å². The van der Waals surface area contributed by atoms with Crippen LogP contribution in [0.15, 0.2) is 18.2 Å². The van der Waals surface area contributed by atoms with E-state index in [-0.39, 0.29) is 11.9 Å². The van der Waals surface area contributed by atoms with E-state index in [0.29, 0.717) is 12.4 Å². The Morgan fingerprint density at radius 1 is 1.05 bits per heavy atom. The summed E-state index contributed by atoms with van der Waals surface area (Å²) in [4.78, 5) is 0. The molecule has 0 fully saturated rings. The molecule has 0 saturated carbocycles. The number of nitrogens with two attached hydrogens (primary N) is 1. The first-order chi connectivity index (χ1) is 10.1. The van der Waals surface area contributed by atoms with Crippen molar-refractivity contribution in [3.8, 4) is 5.75 Å². The van der Waals surface area contributed by atoms with Gasteiger partial charge in [0.2, 0.25) is 0 Å². The highest BCUT2D eigenvalue weighted by Crippen LogP contribution is 2.25. The fourth-order valence-electron chi connectivity index (χ4n) is 2.43. The summed E-state index contributed by atoms with van der Waals surface area (Å²) in [6, 6.07) is 4.44. The average molecular weight is 295 g/mol. The summed E-state index contributed by atoms with van der Waals surface area (Å²) in [5.41, 5.74) is 6.74. The van der Waals surface area contributed by atoms with Crippen LogP contribution in [-0.4, -0.2) is 6.61 Å². The Labute approximate surface area is 128 Å². The van der Waals surface area contributed by atoms with E-state index in [1.807, 2.05) is 6.92 Å². The molecule has 2 N–H and O–H groups in total. The lowest BCUT2D eigenvalue weighted by Crippen LogP contribution is -2.09. The van der Waals surface area contributed by atoms with Gasteiger partial charge in [0.25, 0.3) is 0 Å². The van der Waals surface area contributed by atoms with E-state index in [0.717, 1.165) is 12.0 Å². The van der Waals surface area contributed by atoms with E-state index in [1.165, 1.54) is 57.1 Å². The molecule has 0 saturated heterocycles. The zero-order valence-electron chi connectivity index (χ0n) is 13.5. The first-order valence-corrected chi connectivity index (χ1v) is 8.33. The molecular formula is C18H30FNO. The van der Waals surface area contributed by atoms with Gasteiger partial charge in [0.05, 0.1) is 6.61 Å². The molecule has 0 amide bonds. The topological polar surface area (TPSA) is 35.2 Å². The van der Waals surface area contributed by atoms with E-state index in [9.17, 15) is 4.39 Å². The van der Waals surface area contributed by atoms with Crippen LogP contribution in [0, 0.1) is 5.82 Å². The monoisotopic (exact) mass is 295 g/mol. The smallest absolute Gasteiger partial charge is 0.126 e. The molecule has 3 heteroatoms. The van der Waals surface area contributed by atoms with Crippen molar-refractivity contribution in [1.82, 2.24) is 0 Å². The van der Waals surface area contributed by atoms with E-state index >= 15 is 0 Å². The number of hydrogen-bond acceptors (Lipinski definition) is 2. The molecule has 0 unspecified atom stereocenters. The molecule has 1 rings (SSSR count). The Morgan fingerprint density at radius 3 is 2.29 bits per heavy atom. The Morgan fingerprint density at radius 2 is 1.67 bits per heavy atom. The van der Waals surface area contributed by atoms with Crippen molar-refractivity contribution in [2.24, 2.45) is 5.73 Å². The molecule has 1 aromatic rings. The second kappa shape index (κ2) is 10.6. The quantitative estimate of drug-likeness (QED) is 0.557. The molecule has 1 atom stereocenters. The number of halogens is 1. The molecular weight excluding hydrogens is 265 g/mol. The Kier molecular flexibility index (Phi) is 9.07. The summed E-state index contributed by atoms with van der Waals surface area (Å²) in [5, 5.41) is 0. The Balaban J connectivity index is 2.19. The largest absolute Gasteiger partial charge is 0.493 e. The van der Waals surface area contributed by atoms with Crippen LogP contribution < -0.4 is 10.5 Å². The first kappa shape index (κ1) is 18.0. The number of rotatable bonds is 11. The summed E-state index contributed by atoms with van der Waals surface area (Å²) in [6.07, 6.45) is 10.1. The summed E-state index contributed by atoms with van der Waals surface area (Å²) in [5.74, 6) is 0.318. The van der Waals surface area contributed by atoms with Crippen LogP contribution in [0.4, 0.5) is 4.39 Å². The molecule has 1 aromatic carbocycles. The normalized spacial score (nSPS) is 12.4. The molecule has 21 heavy (non-hydrogen) atoms. The molecule has 0 aliphatic carbocycles. The van der Waals surface area contributed by atoms with E-state index in [2.05, 4.69) is 6.92 Å². The van der Waals surface area contributed by atoms with Gasteiger partial charge < -0.3 is 10.5 Å². The maximum Gasteiger partial charge on any atom is 0.126 e. The van der Waals surface area contributed by atoms with Gasteiger partial charge >= 0.3 is 0 Å². The third kappa shape index (κ3) is 7.47. The molecule has 0 aliphatic rings. The zero-order valence-corrected chi connectivity index (χ0v) is 13.5. The third-order valence-corrected chi connectivity index (χ3v) is 3.72. The van der Waals surface area contributed by atoms with Crippen LogP contribution in [0.5, 0.6) is 5.75 Å². The molecule has 0 bridgehead atoms. The molecule has 0 spiro atoms. The van der Waals surface area contributed by atoms with Gasteiger partial charge in [-0.3, -0.25) is 0 Å². The standard InChI is InChI=1S/C18H30FNO/c1-3-4-5-6-7-8-9-10-13-21-18-14-16(19)11-12-17(18)15(2)20/h11-12,14-15H,3-10,13,20H2,1-2H3/t15-/m1/s1. The molecule has 0 heterocycles. The van der Waals surface area contributed by atoms with Crippen LogP contribution in [0.25, 0.3) is 0 Å². The van der Waals surface area contributed by atoms with Gasteiger partial charge in [-0.1, -0.05) is 57.9 Å². The Hall–Kier alpha value is -1.09. The SMILES string of the molecule is CCCCCCCCCCOc1cc(F)ccc1[C@@H](C)N. The lowest BCUT2D eigenvalue weighted by molar-refractivity contribution is 0.298. The number of hydrogen-bond donors (Lipinski definition) is 1. The van der Waals surface area contributed by atoms with Crippen molar-refractivity contribution in [1.29, 1.82) is 0 Å². The van der Waals surface area contributed by atoms with Crippen molar-refractivity contribution in [3.63, 3.8) is 0 Å². The molecule has 120 valence electrons. The fraction of sp³-hybridized carbons (Fsp3) is 0.667. The van der Waals surface area contributed by atoms with Crippen molar-refractivity contribution in [2.45, 2.75) is 71.3 Å². The first-order valence-electron chi connectivity index (χ1n) is 8.33. The van der Waals surface area contributed by atoms with E-state index in [4.69, 9.17) is 10.5 Å². The van der Waals surface area contributed by atoms with Gasteiger partial charge in [-0.15, -0.1) is 0 Å². The van der Waals surface area contributed by atoms with Crippen molar-refractivity contribution < 1.29 is 9.13 Å². The van der Waals surface area contributed by atoms with Gasteiger partial charge in [-0.05, 0) is 19.4 Å². The summed E-state index contributed by atoms with van der Waals surface area (Å²) < 4.78 is 19.0. The van der Waals surface area contributed by atoms with E-state index in [1.54, 1.807) is 6.07 Å². The fourth-order valence-corrected chi connectivity index (χ4v) is 2.43. The highest BCUT2D eigenvalue weighted by Gasteiger charge is 2.09. The van der Waals surface area contributed by atoms with Crippen LogP contribution >= 0.6 is 0 Å². The van der Waals surface area contributed by atoms with Crippen LogP contribution in [0.1, 0.15) is 76.8 Å². The number of benzene rings is 1. The number of ether oxygens (including phenoxy) is 1. The van der Waals surface area contributed by atoms with E-state index < -0.39 is 0 Å². The molecule has 2 nitrogen and oxygen atoms in total. The predicted octanol–water partition coefficient (Wildman–Crippen LogP) is 5.36. The van der Waals surface area contributed by atoms with Crippen LogP contribution in [0.2, 0.25) is 0 Å². The van der Waals surface area contributed by atoms with Gasteiger partial charge in [-0.25, -0.2) is 4.39 Å². The van der Waals surface area contributed by atoms with Gasteiger partial charge in [0.1, 0.15) is 11.6 Å². The van der Waals surface area contributed by atoms with Gasteiger partial charge in [-0.2, -0.15) is 0 Å². The lowest BCUT2D eigenvalue weighted by atomic mass is 10.1. The minimum absolute atomic E-state index is 0.140. The number of unbranched alkanes of at least 4 members (excludes halogenated alkanes) is 7. The Bertz CT molecular complexity index is 393. The summed E-state index contributed by atoms with van der Waals surface area (Å²) in [7, 11) is 0. The summed E-state index contributed by atoms with van der Waals surface area (Å²) in [6.45, 7) is 4.76. The second-order valence-corrected chi connectivity index (χ2v) is 5.79. The van der Waals surface area contributed by atoms with Gasteiger partial charge in [0.15, 0.2) is 0 Å². The molecule has 0 aliphatic heterocycles. The lowest BCUT2D eigenvalue weighted by Gasteiger charge is -2.14. The molecule has 0 aromatic heterocycles. The maximum absolute atomic E-state index is 13.3.